The molecule has 100 valence electrons. The number of ketones is 1. The second kappa shape index (κ2) is 6.44. The van der Waals surface area contributed by atoms with Gasteiger partial charge in [0, 0.05) is 23.3 Å². The van der Waals surface area contributed by atoms with Crippen LogP contribution in [-0.4, -0.2) is 23.3 Å². The minimum atomic E-state index is -0.558. The quantitative estimate of drug-likeness (QED) is 0.267. The summed E-state index contributed by atoms with van der Waals surface area (Å²) in [5.41, 5.74) is 0.363. The number of nitro groups is 1. The zero-order valence-electron chi connectivity index (χ0n) is 10.6. The van der Waals surface area contributed by atoms with Crippen molar-refractivity contribution in [2.24, 2.45) is 0 Å². The lowest BCUT2D eigenvalue weighted by molar-refractivity contribution is -0.384. The summed E-state index contributed by atoms with van der Waals surface area (Å²) in [5.74, 6) is -0.960. The number of non-ortho nitro benzene ring substituents is 1. The molecule has 1 aromatic carbocycles. The second-order valence-corrected chi connectivity index (χ2v) is 3.72. The van der Waals surface area contributed by atoms with E-state index in [1.807, 2.05) is 0 Å². The van der Waals surface area contributed by atoms with Crippen LogP contribution in [0, 0.1) is 10.1 Å². The van der Waals surface area contributed by atoms with Crippen molar-refractivity contribution in [3.63, 3.8) is 0 Å². The molecular formula is C13H13NO5. The monoisotopic (exact) mass is 263 g/mol. The van der Waals surface area contributed by atoms with Crippen molar-refractivity contribution in [1.82, 2.24) is 0 Å². The Labute approximate surface area is 109 Å². The lowest BCUT2D eigenvalue weighted by Gasteiger charge is -2.01. The number of allylic oxidation sites excluding steroid dienone is 1. The summed E-state index contributed by atoms with van der Waals surface area (Å²) in [7, 11) is 0. The number of carbonyl (C=O) groups is 2. The van der Waals surface area contributed by atoms with Crippen molar-refractivity contribution in [3.05, 3.63) is 51.6 Å². The average Bonchev–Trinajstić information content (AvgIpc) is 2.38. The molecule has 6 nitrogen and oxygen atoms in total. The van der Waals surface area contributed by atoms with Gasteiger partial charge >= 0.3 is 5.97 Å². The topological polar surface area (TPSA) is 86.5 Å². The van der Waals surface area contributed by atoms with E-state index in [4.69, 9.17) is 4.74 Å². The van der Waals surface area contributed by atoms with Crippen LogP contribution in [0.2, 0.25) is 0 Å². The van der Waals surface area contributed by atoms with Gasteiger partial charge in [-0.25, -0.2) is 4.79 Å². The second-order valence-electron chi connectivity index (χ2n) is 3.72. The summed E-state index contributed by atoms with van der Waals surface area (Å²) < 4.78 is 4.74. The van der Waals surface area contributed by atoms with Gasteiger partial charge in [-0.2, -0.15) is 0 Å². The molecular weight excluding hydrogens is 250 g/mol. The van der Waals surface area contributed by atoms with E-state index >= 15 is 0 Å². The van der Waals surface area contributed by atoms with Crippen molar-refractivity contribution in [1.29, 1.82) is 0 Å². The van der Waals surface area contributed by atoms with Gasteiger partial charge in [0.25, 0.3) is 5.69 Å². The van der Waals surface area contributed by atoms with E-state index < -0.39 is 16.7 Å². The molecule has 1 aromatic rings. The standard InChI is InChI=1S/C13H13NO5/c1-3-19-13(16)9(2)8-12(15)10-4-6-11(7-5-10)14(17)18/h4-8H,3H2,1-2H3. The molecule has 0 N–H and O–H groups in total. The highest BCUT2D eigenvalue weighted by molar-refractivity contribution is 6.08. The summed E-state index contributed by atoms with van der Waals surface area (Å²) in [6, 6.07) is 5.16. The number of carbonyl (C=O) groups excluding carboxylic acids is 2. The third-order valence-electron chi connectivity index (χ3n) is 2.31. The molecule has 0 fully saturated rings. The van der Waals surface area contributed by atoms with E-state index in [0.29, 0.717) is 0 Å². The molecule has 0 aliphatic heterocycles. The molecule has 0 aliphatic carbocycles. The van der Waals surface area contributed by atoms with Crippen molar-refractivity contribution < 1.29 is 19.2 Å². The molecule has 19 heavy (non-hydrogen) atoms. The molecule has 0 unspecified atom stereocenters. The Balaban J connectivity index is 2.86. The van der Waals surface area contributed by atoms with E-state index in [2.05, 4.69) is 0 Å². The first-order chi connectivity index (χ1) is 8.95. The van der Waals surface area contributed by atoms with Gasteiger partial charge in [0.15, 0.2) is 5.78 Å². The Morgan fingerprint density at radius 1 is 1.32 bits per heavy atom. The third kappa shape index (κ3) is 4.02. The first kappa shape index (κ1) is 14.6. The van der Waals surface area contributed by atoms with E-state index in [0.717, 1.165) is 6.08 Å². The van der Waals surface area contributed by atoms with Crippen LogP contribution in [0.3, 0.4) is 0 Å². The Hall–Kier alpha value is -2.50. The number of nitrogens with zero attached hydrogens (tertiary/aromatic N) is 1. The maximum absolute atomic E-state index is 11.8. The zero-order chi connectivity index (χ0) is 14.4. The molecule has 0 saturated heterocycles. The number of hydrogen-bond donors (Lipinski definition) is 0. The van der Waals surface area contributed by atoms with Gasteiger partial charge in [0.2, 0.25) is 0 Å². The predicted octanol–water partition coefficient (Wildman–Crippen LogP) is 2.29. The van der Waals surface area contributed by atoms with Crippen LogP contribution in [0.4, 0.5) is 5.69 Å². The van der Waals surface area contributed by atoms with Crippen LogP contribution in [0.5, 0.6) is 0 Å². The van der Waals surface area contributed by atoms with E-state index in [1.165, 1.54) is 31.2 Å². The maximum atomic E-state index is 11.8. The zero-order valence-corrected chi connectivity index (χ0v) is 10.6. The van der Waals surface area contributed by atoms with Crippen LogP contribution in [0.25, 0.3) is 0 Å². The Morgan fingerprint density at radius 2 is 1.89 bits per heavy atom. The van der Waals surface area contributed by atoms with Gasteiger partial charge in [-0.1, -0.05) is 0 Å². The summed E-state index contributed by atoms with van der Waals surface area (Å²) >= 11 is 0. The lowest BCUT2D eigenvalue weighted by Crippen LogP contribution is -2.07. The highest BCUT2D eigenvalue weighted by Crippen LogP contribution is 2.13. The van der Waals surface area contributed by atoms with Crippen LogP contribution in [0.15, 0.2) is 35.9 Å². The smallest absolute Gasteiger partial charge is 0.333 e. The molecule has 0 aliphatic rings. The fourth-order valence-electron chi connectivity index (χ4n) is 1.33. The average molecular weight is 263 g/mol. The predicted molar refractivity (Wildman–Crippen MR) is 67.8 cm³/mol. The number of ether oxygens (including phenoxy) is 1. The maximum Gasteiger partial charge on any atom is 0.333 e. The summed E-state index contributed by atoms with van der Waals surface area (Å²) in [4.78, 5) is 33.0. The molecule has 0 atom stereocenters. The van der Waals surface area contributed by atoms with Gasteiger partial charge in [-0.3, -0.25) is 14.9 Å². The fraction of sp³-hybridized carbons (Fsp3) is 0.231. The molecule has 1 rings (SSSR count). The van der Waals surface area contributed by atoms with Crippen LogP contribution >= 0.6 is 0 Å². The molecule has 0 spiro atoms. The third-order valence-corrected chi connectivity index (χ3v) is 2.31. The van der Waals surface area contributed by atoms with Crippen molar-refractivity contribution >= 4 is 17.4 Å². The molecule has 0 heterocycles. The van der Waals surface area contributed by atoms with E-state index in [-0.39, 0.29) is 23.4 Å². The number of benzene rings is 1. The van der Waals surface area contributed by atoms with Gasteiger partial charge < -0.3 is 4.74 Å². The normalized spacial score (nSPS) is 10.9. The molecule has 0 amide bonds. The van der Waals surface area contributed by atoms with Crippen molar-refractivity contribution in [2.75, 3.05) is 6.61 Å². The first-order valence-electron chi connectivity index (χ1n) is 5.60. The minimum absolute atomic E-state index is 0.0948. The van der Waals surface area contributed by atoms with E-state index in [1.54, 1.807) is 6.92 Å². The summed E-state index contributed by atoms with van der Waals surface area (Å²) in [5, 5.41) is 10.5. The minimum Gasteiger partial charge on any atom is -0.463 e. The SMILES string of the molecule is CCOC(=O)C(C)=CC(=O)c1ccc([N+](=O)[O-])cc1. The number of nitro benzene ring substituents is 1. The summed E-state index contributed by atoms with van der Waals surface area (Å²) in [6.07, 6.45) is 1.15. The van der Waals surface area contributed by atoms with E-state index in [9.17, 15) is 19.7 Å². The van der Waals surface area contributed by atoms with Crippen LogP contribution in [-0.2, 0) is 9.53 Å². The van der Waals surface area contributed by atoms with Gasteiger partial charge in [-0.15, -0.1) is 0 Å². The Bertz CT molecular complexity index is 530. The van der Waals surface area contributed by atoms with Gasteiger partial charge in [-0.05, 0) is 32.1 Å². The van der Waals surface area contributed by atoms with Crippen molar-refractivity contribution in [2.45, 2.75) is 13.8 Å². The lowest BCUT2D eigenvalue weighted by atomic mass is 10.1. The number of esters is 1. The Kier molecular flexibility index (Phi) is 4.93. The Morgan fingerprint density at radius 3 is 2.37 bits per heavy atom. The molecule has 0 saturated carbocycles. The van der Waals surface area contributed by atoms with Gasteiger partial charge in [0.1, 0.15) is 0 Å². The fourth-order valence-corrected chi connectivity index (χ4v) is 1.33. The molecule has 0 bridgehead atoms. The number of hydrogen-bond acceptors (Lipinski definition) is 5. The summed E-state index contributed by atoms with van der Waals surface area (Å²) in [6.45, 7) is 3.38. The number of rotatable bonds is 5. The molecule has 0 aromatic heterocycles. The van der Waals surface area contributed by atoms with Crippen LogP contribution in [0.1, 0.15) is 24.2 Å². The van der Waals surface area contributed by atoms with Crippen molar-refractivity contribution in [3.8, 4) is 0 Å². The highest BCUT2D eigenvalue weighted by Gasteiger charge is 2.11. The van der Waals surface area contributed by atoms with Gasteiger partial charge in [0.05, 0.1) is 11.5 Å². The molecule has 0 radical (unpaired) electrons. The first-order valence-corrected chi connectivity index (χ1v) is 5.60. The molecule has 6 heteroatoms. The van der Waals surface area contributed by atoms with Crippen LogP contribution < -0.4 is 0 Å². The largest absolute Gasteiger partial charge is 0.463 e. The highest BCUT2D eigenvalue weighted by atomic mass is 16.6.